The highest BCUT2D eigenvalue weighted by Crippen LogP contribution is 2.34. The number of pyridine rings is 1. The third kappa shape index (κ3) is 5.50. The zero-order chi connectivity index (χ0) is 25.9. The molecule has 2 atom stereocenters. The average molecular weight is 524 g/mol. The monoisotopic (exact) mass is 523 g/mol. The van der Waals surface area contributed by atoms with Crippen molar-refractivity contribution in [3.05, 3.63) is 58.7 Å². The minimum atomic E-state index is -0.394. The number of hydrogen-bond acceptors (Lipinski definition) is 7. The molecule has 0 bridgehead atoms. The molecule has 3 saturated heterocycles. The van der Waals surface area contributed by atoms with E-state index in [0.717, 1.165) is 37.3 Å². The van der Waals surface area contributed by atoms with E-state index in [-0.39, 0.29) is 29.9 Å². The summed E-state index contributed by atoms with van der Waals surface area (Å²) in [6.07, 6.45) is 2.43. The van der Waals surface area contributed by atoms with Gasteiger partial charge in [0.05, 0.1) is 24.8 Å². The number of aromatic nitrogens is 1. The number of amides is 2. The van der Waals surface area contributed by atoms with E-state index in [2.05, 4.69) is 16.0 Å². The molecule has 2 aromatic rings. The summed E-state index contributed by atoms with van der Waals surface area (Å²) < 4.78 is 10.7. The van der Waals surface area contributed by atoms with Crippen LogP contribution in [0.1, 0.15) is 29.9 Å². The van der Waals surface area contributed by atoms with Crippen molar-refractivity contribution in [1.29, 1.82) is 5.26 Å². The van der Waals surface area contributed by atoms with Crippen LogP contribution in [-0.4, -0.2) is 85.4 Å². The second kappa shape index (κ2) is 11.0. The Morgan fingerprint density at radius 1 is 1.14 bits per heavy atom. The van der Waals surface area contributed by atoms with Crippen LogP contribution in [0.4, 0.5) is 10.6 Å². The van der Waals surface area contributed by atoms with Gasteiger partial charge in [-0.05, 0) is 42.7 Å². The molecule has 0 unspecified atom stereocenters. The normalized spacial score (nSPS) is 22.3. The molecule has 194 valence electrons. The van der Waals surface area contributed by atoms with E-state index < -0.39 is 6.09 Å². The van der Waals surface area contributed by atoms with Crippen molar-refractivity contribution in [2.75, 3.05) is 51.3 Å². The predicted octanol–water partition coefficient (Wildman–Crippen LogP) is 3.28. The molecule has 5 rings (SSSR count). The van der Waals surface area contributed by atoms with Gasteiger partial charge in [0.1, 0.15) is 11.9 Å². The number of rotatable bonds is 5. The summed E-state index contributed by atoms with van der Waals surface area (Å²) in [7, 11) is 1.74. The molecule has 4 heterocycles. The summed E-state index contributed by atoms with van der Waals surface area (Å²) in [4.78, 5) is 36.5. The standard InChI is InChI=1S/C27H30ClN5O4/c1-31(27(35)37-22-16-36-17-22)24-15-33(14-23(24)19-3-5-21(28)6-4-19)26(34)20-8-10-32(11-9-20)25-7-2-18(12-29)13-30-25/h2-7,13,20,22-24H,8-11,14-17H2,1H3/t23-,24+/m0/s1. The zero-order valence-corrected chi connectivity index (χ0v) is 21.5. The van der Waals surface area contributed by atoms with Gasteiger partial charge in [-0.15, -0.1) is 0 Å². The summed E-state index contributed by atoms with van der Waals surface area (Å²) in [5.74, 6) is 0.831. The van der Waals surface area contributed by atoms with E-state index in [4.69, 9.17) is 26.3 Å². The van der Waals surface area contributed by atoms with Gasteiger partial charge in [0.25, 0.3) is 0 Å². The molecule has 0 saturated carbocycles. The Labute approximate surface area is 221 Å². The van der Waals surface area contributed by atoms with Crippen LogP contribution in [0.25, 0.3) is 0 Å². The maximum absolute atomic E-state index is 13.6. The molecular weight excluding hydrogens is 494 g/mol. The number of likely N-dealkylation sites (tertiary alicyclic amines) is 1. The molecule has 0 spiro atoms. The van der Waals surface area contributed by atoms with Gasteiger partial charge >= 0.3 is 6.09 Å². The Balaban J connectivity index is 1.25. The minimum absolute atomic E-state index is 0.0423. The number of nitriles is 1. The molecule has 3 aliphatic heterocycles. The van der Waals surface area contributed by atoms with Gasteiger partial charge in [0.15, 0.2) is 6.10 Å². The van der Waals surface area contributed by atoms with E-state index in [9.17, 15) is 9.59 Å². The van der Waals surface area contributed by atoms with Crippen LogP contribution in [0, 0.1) is 17.2 Å². The second-order valence-electron chi connectivity index (χ2n) is 9.90. The van der Waals surface area contributed by atoms with Gasteiger partial charge in [-0.3, -0.25) is 4.79 Å². The maximum atomic E-state index is 13.6. The number of carbonyl (C=O) groups excluding carboxylic acids is 2. The lowest BCUT2D eigenvalue weighted by molar-refractivity contribution is -0.135. The Hall–Kier alpha value is -3.35. The zero-order valence-electron chi connectivity index (χ0n) is 20.8. The summed E-state index contributed by atoms with van der Waals surface area (Å²) >= 11 is 6.12. The van der Waals surface area contributed by atoms with Crippen LogP contribution in [0.3, 0.4) is 0 Å². The molecule has 10 heteroatoms. The fourth-order valence-electron chi connectivity index (χ4n) is 5.29. The van der Waals surface area contributed by atoms with E-state index >= 15 is 0 Å². The largest absolute Gasteiger partial charge is 0.441 e. The Bertz CT molecular complexity index is 1160. The quantitative estimate of drug-likeness (QED) is 0.593. The molecule has 9 nitrogen and oxygen atoms in total. The Morgan fingerprint density at radius 2 is 1.86 bits per heavy atom. The molecule has 0 radical (unpaired) electrons. The summed E-state index contributed by atoms with van der Waals surface area (Å²) in [5.41, 5.74) is 1.57. The molecule has 2 amide bonds. The number of piperidine rings is 1. The van der Waals surface area contributed by atoms with Crippen LogP contribution in [-0.2, 0) is 14.3 Å². The maximum Gasteiger partial charge on any atom is 0.410 e. The fraction of sp³-hybridized carbons (Fsp3) is 0.481. The summed E-state index contributed by atoms with van der Waals surface area (Å²) in [6.45, 7) is 3.28. The second-order valence-corrected chi connectivity index (χ2v) is 10.3. The Morgan fingerprint density at radius 3 is 2.46 bits per heavy atom. The number of nitrogens with zero attached hydrogens (tertiary/aromatic N) is 5. The number of ether oxygens (including phenoxy) is 2. The molecular formula is C27H30ClN5O4. The molecule has 1 aromatic carbocycles. The highest BCUT2D eigenvalue weighted by Gasteiger charge is 2.43. The van der Waals surface area contributed by atoms with E-state index in [1.165, 1.54) is 0 Å². The lowest BCUT2D eigenvalue weighted by Gasteiger charge is -2.34. The first-order valence-electron chi connectivity index (χ1n) is 12.6. The number of halogens is 1. The van der Waals surface area contributed by atoms with Crippen LogP contribution in [0.5, 0.6) is 0 Å². The summed E-state index contributed by atoms with van der Waals surface area (Å²) in [6, 6.07) is 13.1. The van der Waals surface area contributed by atoms with Gasteiger partial charge in [-0.1, -0.05) is 23.7 Å². The van der Waals surface area contributed by atoms with Crippen molar-refractivity contribution in [1.82, 2.24) is 14.8 Å². The van der Waals surface area contributed by atoms with E-state index in [1.54, 1.807) is 24.2 Å². The first-order chi connectivity index (χ1) is 17.9. The number of anilines is 1. The van der Waals surface area contributed by atoms with Gasteiger partial charge in [0, 0.05) is 56.3 Å². The first-order valence-corrected chi connectivity index (χ1v) is 13.0. The number of hydrogen-bond donors (Lipinski definition) is 0. The lowest BCUT2D eigenvalue weighted by Crippen LogP contribution is -2.47. The van der Waals surface area contributed by atoms with Gasteiger partial charge in [-0.2, -0.15) is 5.26 Å². The molecule has 1 aromatic heterocycles. The highest BCUT2D eigenvalue weighted by molar-refractivity contribution is 6.30. The SMILES string of the molecule is CN(C(=O)OC1COC1)[C@@H]1CN(C(=O)C2CCN(c3ccc(C#N)cn3)CC2)C[C@H]1c1ccc(Cl)cc1. The highest BCUT2D eigenvalue weighted by atomic mass is 35.5. The number of carbonyl (C=O) groups is 2. The molecule has 3 fully saturated rings. The Kier molecular flexibility index (Phi) is 7.49. The van der Waals surface area contributed by atoms with Gasteiger partial charge in [-0.25, -0.2) is 9.78 Å². The van der Waals surface area contributed by atoms with E-state index in [1.807, 2.05) is 35.2 Å². The third-order valence-corrected chi connectivity index (χ3v) is 7.86. The van der Waals surface area contributed by atoms with E-state index in [0.29, 0.717) is 36.9 Å². The molecule has 3 aliphatic rings. The van der Waals surface area contributed by atoms with Crippen LogP contribution in [0.15, 0.2) is 42.6 Å². The third-order valence-electron chi connectivity index (χ3n) is 7.60. The van der Waals surface area contributed by atoms with Crippen LogP contribution >= 0.6 is 11.6 Å². The number of benzene rings is 1. The van der Waals surface area contributed by atoms with Crippen molar-refractivity contribution >= 4 is 29.4 Å². The minimum Gasteiger partial charge on any atom is -0.441 e. The predicted molar refractivity (Wildman–Crippen MR) is 137 cm³/mol. The van der Waals surface area contributed by atoms with Crippen molar-refractivity contribution < 1.29 is 19.1 Å². The van der Waals surface area contributed by atoms with Gasteiger partial charge < -0.3 is 24.2 Å². The fourth-order valence-corrected chi connectivity index (χ4v) is 5.42. The van der Waals surface area contributed by atoms with Crippen LogP contribution < -0.4 is 4.90 Å². The van der Waals surface area contributed by atoms with Gasteiger partial charge in [0.2, 0.25) is 5.91 Å². The average Bonchev–Trinajstić information content (AvgIpc) is 3.36. The number of likely N-dealkylation sites (N-methyl/N-ethyl adjacent to an activating group) is 1. The molecule has 37 heavy (non-hydrogen) atoms. The molecule has 0 N–H and O–H groups in total. The van der Waals surface area contributed by atoms with Crippen molar-refractivity contribution in [3.8, 4) is 6.07 Å². The lowest BCUT2D eigenvalue weighted by atomic mass is 9.93. The first kappa shape index (κ1) is 25.3. The van der Waals surface area contributed by atoms with Crippen LogP contribution in [0.2, 0.25) is 5.02 Å². The summed E-state index contributed by atoms with van der Waals surface area (Å²) in [5, 5.41) is 9.64. The smallest absolute Gasteiger partial charge is 0.410 e. The van der Waals surface area contributed by atoms with Crippen molar-refractivity contribution in [2.24, 2.45) is 5.92 Å². The molecule has 0 aliphatic carbocycles. The topological polar surface area (TPSA) is 99.0 Å². The van der Waals surface area contributed by atoms with Crippen molar-refractivity contribution in [2.45, 2.75) is 30.9 Å². The van der Waals surface area contributed by atoms with Crippen molar-refractivity contribution in [3.63, 3.8) is 0 Å².